The molecule has 10 heavy (non-hydrogen) atoms. The van der Waals surface area contributed by atoms with Crippen LogP contribution in [0.4, 0.5) is 0 Å². The average Bonchev–Trinajstić information content (AvgIpc) is 1.80. The Morgan fingerprint density at radius 2 is 1.70 bits per heavy atom. The number of hydrogen-bond acceptors (Lipinski definition) is 4. The Labute approximate surface area is 60.7 Å². The first-order valence-corrected chi connectivity index (χ1v) is 3.44. The number of rotatable bonds is 4. The molecule has 0 radical (unpaired) electrons. The van der Waals surface area contributed by atoms with E-state index in [1.807, 2.05) is 6.92 Å². The highest BCUT2D eigenvalue weighted by Crippen LogP contribution is 2.03. The van der Waals surface area contributed by atoms with Crippen LogP contribution >= 0.6 is 0 Å². The third kappa shape index (κ3) is 3.12. The first-order valence-electron chi connectivity index (χ1n) is 3.44. The second kappa shape index (κ2) is 3.88. The summed E-state index contributed by atoms with van der Waals surface area (Å²) in [6.45, 7) is 4.53. The Hall–Kier alpha value is -0.160. The molecule has 0 bridgehead atoms. The summed E-state index contributed by atoms with van der Waals surface area (Å²) in [6.07, 6.45) is -1.87. The van der Waals surface area contributed by atoms with Gasteiger partial charge in [0.2, 0.25) is 0 Å². The van der Waals surface area contributed by atoms with E-state index in [1.165, 1.54) is 0 Å². The van der Waals surface area contributed by atoms with Crippen LogP contribution < -0.4 is 0 Å². The fourth-order valence-corrected chi connectivity index (χ4v) is 0.790. The van der Waals surface area contributed by atoms with Crippen LogP contribution in [0.25, 0.3) is 0 Å². The van der Waals surface area contributed by atoms with Gasteiger partial charge in [-0.25, -0.2) is 4.90 Å². The van der Waals surface area contributed by atoms with Crippen molar-refractivity contribution in [2.24, 2.45) is 0 Å². The highest BCUT2D eigenvalue weighted by molar-refractivity contribution is 4.53. The maximum atomic E-state index is 8.65. The molecule has 0 spiro atoms. The second-order valence-electron chi connectivity index (χ2n) is 2.18. The number of hydrogen-bond donors (Lipinski definition) is 3. The molecular formula is C6H15NO3. The minimum Gasteiger partial charge on any atom is -0.330 e. The average molecular weight is 149 g/mol. The van der Waals surface area contributed by atoms with Crippen LogP contribution in [0.1, 0.15) is 20.3 Å². The zero-order valence-corrected chi connectivity index (χ0v) is 6.41. The lowest BCUT2D eigenvalue weighted by atomic mass is 10.4. The standard InChI is InChI=1S/C6H15NO3/c1-3-5-7(4-2)6(8,9)10/h8-10H,3-5H2,1-2H3. The zero-order chi connectivity index (χ0) is 8.20. The summed E-state index contributed by atoms with van der Waals surface area (Å²) < 4.78 is 0. The van der Waals surface area contributed by atoms with Crippen LogP contribution in [0.15, 0.2) is 0 Å². The van der Waals surface area contributed by atoms with Crippen molar-refractivity contribution < 1.29 is 15.3 Å². The normalized spacial score (nSPS) is 12.6. The second-order valence-corrected chi connectivity index (χ2v) is 2.18. The molecule has 0 aliphatic carbocycles. The molecule has 3 N–H and O–H groups in total. The SMILES string of the molecule is CCCN(CC)C(O)(O)O. The van der Waals surface area contributed by atoms with Gasteiger partial charge in [0.1, 0.15) is 0 Å². The smallest absolute Gasteiger partial charge is 0.330 e. The minimum absolute atomic E-state index is 0.414. The van der Waals surface area contributed by atoms with Crippen molar-refractivity contribution in [2.45, 2.75) is 26.4 Å². The minimum atomic E-state index is -2.65. The highest BCUT2D eigenvalue weighted by Gasteiger charge is 2.26. The fourth-order valence-electron chi connectivity index (χ4n) is 0.790. The molecule has 0 aliphatic rings. The van der Waals surface area contributed by atoms with Gasteiger partial charge in [-0.2, -0.15) is 0 Å². The lowest BCUT2D eigenvalue weighted by Gasteiger charge is -2.28. The molecule has 0 amide bonds. The molecule has 0 fully saturated rings. The maximum absolute atomic E-state index is 8.65. The van der Waals surface area contributed by atoms with Gasteiger partial charge in [-0.3, -0.25) is 0 Å². The molecular weight excluding hydrogens is 134 g/mol. The number of aliphatic hydroxyl groups is 3. The van der Waals surface area contributed by atoms with Crippen molar-refractivity contribution in [3.63, 3.8) is 0 Å². The molecule has 0 atom stereocenters. The Bertz CT molecular complexity index is 89.5. The van der Waals surface area contributed by atoms with Crippen molar-refractivity contribution in [2.75, 3.05) is 13.1 Å². The molecule has 62 valence electrons. The van der Waals surface area contributed by atoms with E-state index in [4.69, 9.17) is 15.3 Å². The van der Waals surface area contributed by atoms with Gasteiger partial charge in [0.05, 0.1) is 0 Å². The van der Waals surface area contributed by atoms with E-state index in [0.717, 1.165) is 11.3 Å². The molecule has 0 saturated carbocycles. The van der Waals surface area contributed by atoms with Crippen molar-refractivity contribution >= 4 is 0 Å². The van der Waals surface area contributed by atoms with E-state index in [0.29, 0.717) is 13.1 Å². The van der Waals surface area contributed by atoms with Gasteiger partial charge < -0.3 is 15.3 Å². The van der Waals surface area contributed by atoms with Gasteiger partial charge in [-0.15, -0.1) is 0 Å². The topological polar surface area (TPSA) is 63.9 Å². The first-order chi connectivity index (χ1) is 4.52. The predicted molar refractivity (Wildman–Crippen MR) is 36.9 cm³/mol. The van der Waals surface area contributed by atoms with Crippen LogP contribution in [0.2, 0.25) is 0 Å². The van der Waals surface area contributed by atoms with Crippen molar-refractivity contribution in [1.82, 2.24) is 4.90 Å². The van der Waals surface area contributed by atoms with E-state index in [2.05, 4.69) is 0 Å². The van der Waals surface area contributed by atoms with Gasteiger partial charge in [-0.1, -0.05) is 13.8 Å². The lowest BCUT2D eigenvalue weighted by Crippen LogP contribution is -2.48. The highest BCUT2D eigenvalue weighted by atomic mass is 16.7. The van der Waals surface area contributed by atoms with Gasteiger partial charge >= 0.3 is 6.10 Å². The molecule has 0 rings (SSSR count). The van der Waals surface area contributed by atoms with Crippen LogP contribution in [0, 0.1) is 0 Å². The lowest BCUT2D eigenvalue weighted by molar-refractivity contribution is -0.392. The summed E-state index contributed by atoms with van der Waals surface area (Å²) in [4.78, 5) is 1.16. The van der Waals surface area contributed by atoms with Crippen molar-refractivity contribution in [3.05, 3.63) is 0 Å². The largest absolute Gasteiger partial charge is 0.345 e. The Morgan fingerprint density at radius 1 is 1.20 bits per heavy atom. The fraction of sp³-hybridized carbons (Fsp3) is 1.00. The summed E-state index contributed by atoms with van der Waals surface area (Å²) in [5.74, 6) is 0. The third-order valence-electron chi connectivity index (χ3n) is 1.30. The molecule has 0 aromatic carbocycles. The van der Waals surface area contributed by atoms with Gasteiger partial charge in [0.15, 0.2) is 0 Å². The van der Waals surface area contributed by atoms with E-state index in [9.17, 15) is 0 Å². The molecule has 0 saturated heterocycles. The van der Waals surface area contributed by atoms with Gasteiger partial charge in [0, 0.05) is 13.1 Å². The van der Waals surface area contributed by atoms with E-state index < -0.39 is 6.10 Å². The number of nitrogens with zero attached hydrogens (tertiary/aromatic N) is 1. The Kier molecular flexibility index (Phi) is 3.81. The van der Waals surface area contributed by atoms with Crippen LogP contribution in [0.3, 0.4) is 0 Å². The van der Waals surface area contributed by atoms with Crippen LogP contribution in [-0.2, 0) is 0 Å². The molecule has 0 aromatic heterocycles. The van der Waals surface area contributed by atoms with Crippen LogP contribution in [0.5, 0.6) is 0 Å². The monoisotopic (exact) mass is 149 g/mol. The summed E-state index contributed by atoms with van der Waals surface area (Å²) >= 11 is 0. The van der Waals surface area contributed by atoms with Gasteiger partial charge in [0.25, 0.3) is 0 Å². The van der Waals surface area contributed by atoms with E-state index in [1.54, 1.807) is 6.92 Å². The molecule has 0 aromatic rings. The Morgan fingerprint density at radius 3 is 1.80 bits per heavy atom. The summed E-state index contributed by atoms with van der Waals surface area (Å²) in [7, 11) is 0. The quantitative estimate of drug-likeness (QED) is 0.463. The zero-order valence-electron chi connectivity index (χ0n) is 6.41. The van der Waals surface area contributed by atoms with Crippen LogP contribution in [-0.4, -0.2) is 39.4 Å². The van der Waals surface area contributed by atoms with Gasteiger partial charge in [-0.05, 0) is 6.42 Å². The maximum Gasteiger partial charge on any atom is 0.345 e. The predicted octanol–water partition coefficient (Wildman–Crippen LogP) is -0.694. The first kappa shape index (κ1) is 9.84. The van der Waals surface area contributed by atoms with E-state index in [-0.39, 0.29) is 0 Å². The molecule has 4 heteroatoms. The molecule has 0 aliphatic heterocycles. The summed E-state index contributed by atoms with van der Waals surface area (Å²) in [5, 5.41) is 25.9. The summed E-state index contributed by atoms with van der Waals surface area (Å²) in [5.41, 5.74) is 0. The molecule has 0 heterocycles. The molecule has 0 unspecified atom stereocenters. The summed E-state index contributed by atoms with van der Waals surface area (Å²) in [6, 6.07) is 0. The van der Waals surface area contributed by atoms with E-state index >= 15 is 0 Å². The Balaban J connectivity index is 3.81. The third-order valence-corrected chi connectivity index (χ3v) is 1.30. The molecule has 4 nitrogen and oxygen atoms in total. The van der Waals surface area contributed by atoms with Crippen molar-refractivity contribution in [3.8, 4) is 0 Å². The van der Waals surface area contributed by atoms with Crippen molar-refractivity contribution in [1.29, 1.82) is 0 Å².